The maximum absolute atomic E-state index is 4.11. The molecule has 0 unspecified atom stereocenters. The third kappa shape index (κ3) is 8.76. The average Bonchev–Trinajstić information content (AvgIpc) is 2.80. The van der Waals surface area contributed by atoms with E-state index in [-0.39, 0.29) is 0 Å². The van der Waals surface area contributed by atoms with Crippen LogP contribution < -0.4 is 10.6 Å². The molecule has 16 heavy (non-hydrogen) atoms. The first kappa shape index (κ1) is 15.5. The summed E-state index contributed by atoms with van der Waals surface area (Å²) in [6.07, 6.45) is 3.51. The van der Waals surface area contributed by atoms with Crippen molar-refractivity contribution in [2.45, 2.75) is 20.4 Å². The van der Waals surface area contributed by atoms with Crippen LogP contribution >= 0.6 is 12.6 Å². The van der Waals surface area contributed by atoms with E-state index in [9.17, 15) is 0 Å². The maximum Gasteiger partial charge on any atom is 0.0922 e. The van der Waals surface area contributed by atoms with E-state index in [0.29, 0.717) is 5.92 Å². The van der Waals surface area contributed by atoms with Crippen molar-refractivity contribution in [1.82, 2.24) is 20.6 Å². The third-order valence-electron chi connectivity index (χ3n) is 1.98. The van der Waals surface area contributed by atoms with Crippen LogP contribution in [-0.4, -0.2) is 35.9 Å². The van der Waals surface area contributed by atoms with Gasteiger partial charge in [-0.25, -0.2) is 4.98 Å². The predicted molar refractivity (Wildman–Crippen MR) is 72.9 cm³/mol. The van der Waals surface area contributed by atoms with Crippen LogP contribution in [0.15, 0.2) is 12.5 Å². The fraction of sp³-hybridized carbons (Fsp3) is 0.727. The zero-order valence-electron chi connectivity index (χ0n) is 10.5. The predicted octanol–water partition coefficient (Wildman–Crippen LogP) is 1.29. The van der Waals surface area contributed by atoms with Gasteiger partial charge in [-0.1, -0.05) is 13.8 Å². The minimum Gasteiger partial charge on any atom is -0.347 e. The summed E-state index contributed by atoms with van der Waals surface area (Å²) in [6.45, 7) is 7.21. The van der Waals surface area contributed by atoms with E-state index >= 15 is 0 Å². The summed E-state index contributed by atoms with van der Waals surface area (Å²) in [4.78, 5) is 6.88. The number of nitrogens with one attached hydrogen (secondary N) is 3. The van der Waals surface area contributed by atoms with E-state index in [2.05, 4.69) is 47.1 Å². The molecule has 0 aliphatic rings. The van der Waals surface area contributed by atoms with Crippen molar-refractivity contribution in [3.05, 3.63) is 18.2 Å². The van der Waals surface area contributed by atoms with E-state index in [4.69, 9.17) is 0 Å². The van der Waals surface area contributed by atoms with Crippen molar-refractivity contribution in [1.29, 1.82) is 0 Å². The molecular weight excluding hydrogens is 220 g/mol. The van der Waals surface area contributed by atoms with Crippen molar-refractivity contribution in [3.63, 3.8) is 0 Å². The number of aromatic nitrogens is 2. The molecule has 1 atom stereocenters. The van der Waals surface area contributed by atoms with E-state index in [1.165, 1.54) is 0 Å². The van der Waals surface area contributed by atoms with Crippen LogP contribution in [0.5, 0.6) is 0 Å². The molecule has 5 heteroatoms. The van der Waals surface area contributed by atoms with Gasteiger partial charge in [0.25, 0.3) is 0 Å². The van der Waals surface area contributed by atoms with Crippen molar-refractivity contribution in [2.24, 2.45) is 5.92 Å². The molecule has 0 aromatic carbocycles. The second-order valence-corrected chi connectivity index (χ2v) is 4.07. The Balaban J connectivity index is 0.000000293. The Kier molecular flexibility index (Phi) is 10.6. The largest absolute Gasteiger partial charge is 0.347 e. The molecule has 0 amide bonds. The number of aromatic amines is 1. The van der Waals surface area contributed by atoms with Crippen LogP contribution in [0.3, 0.4) is 0 Å². The molecule has 0 aliphatic carbocycles. The molecule has 3 N–H and O–H groups in total. The molecule has 0 aliphatic heterocycles. The third-order valence-corrected chi connectivity index (χ3v) is 2.61. The summed E-state index contributed by atoms with van der Waals surface area (Å²) in [6, 6.07) is 0. The zero-order valence-corrected chi connectivity index (χ0v) is 11.3. The molecule has 1 aromatic heterocycles. The highest BCUT2D eigenvalue weighted by Crippen LogP contribution is 1.92. The molecule has 0 radical (unpaired) electrons. The van der Waals surface area contributed by atoms with Crippen molar-refractivity contribution >= 4 is 12.6 Å². The Morgan fingerprint density at radius 2 is 2.31 bits per heavy atom. The summed E-state index contributed by atoms with van der Waals surface area (Å²) < 4.78 is 0. The van der Waals surface area contributed by atoms with Crippen LogP contribution in [0.2, 0.25) is 0 Å². The Morgan fingerprint density at radius 1 is 1.56 bits per heavy atom. The molecule has 0 saturated heterocycles. The second kappa shape index (κ2) is 11.0. The first-order valence-electron chi connectivity index (χ1n) is 5.68. The van der Waals surface area contributed by atoms with Gasteiger partial charge in [0.05, 0.1) is 6.33 Å². The van der Waals surface area contributed by atoms with Crippen molar-refractivity contribution in [3.8, 4) is 0 Å². The highest BCUT2D eigenvalue weighted by molar-refractivity contribution is 7.80. The Morgan fingerprint density at radius 3 is 2.69 bits per heavy atom. The van der Waals surface area contributed by atoms with Crippen LogP contribution in [-0.2, 0) is 6.54 Å². The second-order valence-electron chi connectivity index (χ2n) is 3.70. The minimum absolute atomic E-state index is 0.702. The minimum atomic E-state index is 0.702. The standard InChI is InChI=1S/C6H11N3.C5H13NS/c1-2-7-3-6-4-8-5-9-6;1-5(4-7)3-6-2/h4-5,7H,2-3H2,1H3,(H,8,9);5-7H,3-4H2,1-2H3/t;5-/m.1/s1. The Hall–Kier alpha value is -0.520. The molecule has 1 aromatic rings. The smallest absolute Gasteiger partial charge is 0.0922 e. The van der Waals surface area contributed by atoms with Crippen molar-refractivity contribution < 1.29 is 0 Å². The number of rotatable bonds is 6. The van der Waals surface area contributed by atoms with Gasteiger partial charge in [-0.3, -0.25) is 0 Å². The summed E-state index contributed by atoms with van der Waals surface area (Å²) in [5.41, 5.74) is 1.14. The molecule has 1 rings (SSSR count). The van der Waals surface area contributed by atoms with Gasteiger partial charge in [0.2, 0.25) is 0 Å². The van der Waals surface area contributed by atoms with Gasteiger partial charge in [0, 0.05) is 18.4 Å². The zero-order chi connectivity index (χ0) is 12.2. The molecule has 1 heterocycles. The van der Waals surface area contributed by atoms with Crippen LogP contribution in [0.4, 0.5) is 0 Å². The molecule has 94 valence electrons. The first-order valence-corrected chi connectivity index (χ1v) is 6.31. The summed E-state index contributed by atoms with van der Waals surface area (Å²) in [7, 11) is 1.96. The van der Waals surface area contributed by atoms with Crippen LogP contribution in [0, 0.1) is 5.92 Å². The number of hydrogen-bond donors (Lipinski definition) is 4. The van der Waals surface area contributed by atoms with E-state index in [1.807, 2.05) is 13.2 Å². The number of imidazole rings is 1. The monoisotopic (exact) mass is 244 g/mol. The number of H-pyrrole nitrogens is 1. The van der Waals surface area contributed by atoms with Gasteiger partial charge in [0.15, 0.2) is 0 Å². The molecule has 0 fully saturated rings. The van der Waals surface area contributed by atoms with Gasteiger partial charge in [-0.15, -0.1) is 0 Å². The van der Waals surface area contributed by atoms with Gasteiger partial charge in [-0.2, -0.15) is 12.6 Å². The SMILES string of the molecule is CCNCc1cnc[nH]1.CNC[C@@H](C)CS. The Labute approximate surface area is 104 Å². The quantitative estimate of drug-likeness (QED) is 0.571. The topological polar surface area (TPSA) is 52.7 Å². The first-order chi connectivity index (χ1) is 7.74. The Bertz CT molecular complexity index is 226. The van der Waals surface area contributed by atoms with Gasteiger partial charge < -0.3 is 15.6 Å². The fourth-order valence-corrected chi connectivity index (χ4v) is 1.18. The fourth-order valence-electron chi connectivity index (χ4n) is 1.05. The van der Waals surface area contributed by atoms with E-state index in [0.717, 1.165) is 31.1 Å². The number of thiol groups is 1. The lowest BCUT2D eigenvalue weighted by Gasteiger charge is -2.03. The van der Waals surface area contributed by atoms with Crippen LogP contribution in [0.1, 0.15) is 19.5 Å². The number of nitrogens with zero attached hydrogens (tertiary/aromatic N) is 1. The molecule has 0 bridgehead atoms. The molecular formula is C11H24N4S. The highest BCUT2D eigenvalue weighted by Gasteiger charge is 1.92. The van der Waals surface area contributed by atoms with Crippen LogP contribution in [0.25, 0.3) is 0 Å². The molecule has 0 saturated carbocycles. The van der Waals surface area contributed by atoms with Crippen molar-refractivity contribution in [2.75, 3.05) is 25.9 Å². The summed E-state index contributed by atoms with van der Waals surface area (Å²) in [5.74, 6) is 1.68. The summed E-state index contributed by atoms with van der Waals surface area (Å²) >= 11 is 4.11. The number of hydrogen-bond acceptors (Lipinski definition) is 4. The normalized spacial score (nSPS) is 11.8. The molecule has 4 nitrogen and oxygen atoms in total. The van der Waals surface area contributed by atoms with Gasteiger partial charge in [0.1, 0.15) is 0 Å². The molecule has 0 spiro atoms. The van der Waals surface area contributed by atoms with Gasteiger partial charge in [-0.05, 0) is 31.8 Å². The lowest BCUT2D eigenvalue weighted by Crippen LogP contribution is -2.16. The lowest BCUT2D eigenvalue weighted by atomic mass is 10.2. The van der Waals surface area contributed by atoms with E-state index < -0.39 is 0 Å². The van der Waals surface area contributed by atoms with E-state index in [1.54, 1.807) is 6.33 Å². The maximum atomic E-state index is 4.11. The summed E-state index contributed by atoms with van der Waals surface area (Å²) in [5, 5.41) is 6.25. The average molecular weight is 244 g/mol. The highest BCUT2D eigenvalue weighted by atomic mass is 32.1. The van der Waals surface area contributed by atoms with Gasteiger partial charge >= 0.3 is 0 Å². The lowest BCUT2D eigenvalue weighted by molar-refractivity contribution is 0.605.